The van der Waals surface area contributed by atoms with Gasteiger partial charge in [-0.3, -0.25) is 9.71 Å². The Balaban J connectivity index is 2.36. The molecule has 0 bridgehead atoms. The topological polar surface area (TPSA) is 90.0 Å². The minimum absolute atomic E-state index is 0.211. The van der Waals surface area contributed by atoms with Crippen LogP contribution in [0.25, 0.3) is 0 Å². The molecule has 0 spiro atoms. The Morgan fingerprint density at radius 1 is 1.45 bits per heavy atom. The van der Waals surface area contributed by atoms with Gasteiger partial charge >= 0.3 is 0 Å². The monoisotopic (exact) mass is 294 g/mol. The molecule has 108 valence electrons. The molecule has 3 N–H and O–H groups in total. The summed E-state index contributed by atoms with van der Waals surface area (Å²) in [5.41, 5.74) is 7.51. The number of anilines is 1. The van der Waals surface area contributed by atoms with Gasteiger partial charge in [-0.1, -0.05) is 0 Å². The molecular formula is C13H18N4O2S. The van der Waals surface area contributed by atoms with Crippen molar-refractivity contribution >= 4 is 15.7 Å². The summed E-state index contributed by atoms with van der Waals surface area (Å²) in [6.07, 6.45) is 3.21. The number of nitrogens with two attached hydrogens (primary N) is 1. The number of hydrogen-bond donors (Lipinski definition) is 2. The van der Waals surface area contributed by atoms with E-state index in [0.29, 0.717) is 24.5 Å². The number of sulfonamides is 1. The predicted octanol–water partition coefficient (Wildman–Crippen LogP) is 1.47. The van der Waals surface area contributed by atoms with Gasteiger partial charge in [0.2, 0.25) is 0 Å². The molecule has 0 aliphatic rings. The molecule has 2 rings (SSSR count). The van der Waals surface area contributed by atoms with Crippen molar-refractivity contribution in [3.63, 3.8) is 0 Å². The van der Waals surface area contributed by atoms with Gasteiger partial charge in [-0.15, -0.1) is 0 Å². The summed E-state index contributed by atoms with van der Waals surface area (Å²) in [5.74, 6) is 0. The summed E-state index contributed by atoms with van der Waals surface area (Å²) in [6, 6.07) is 4.96. The van der Waals surface area contributed by atoms with Crippen LogP contribution in [0.4, 0.5) is 5.69 Å². The lowest BCUT2D eigenvalue weighted by Crippen LogP contribution is -2.13. The van der Waals surface area contributed by atoms with Crippen molar-refractivity contribution < 1.29 is 8.42 Å². The Hall–Kier alpha value is -1.86. The molecule has 0 saturated carbocycles. The zero-order valence-corrected chi connectivity index (χ0v) is 12.3. The Bertz CT molecular complexity index is 685. The van der Waals surface area contributed by atoms with Gasteiger partial charge in [-0.2, -0.15) is 0 Å². The lowest BCUT2D eigenvalue weighted by Gasteiger charge is -2.08. The number of aromatic nitrogens is 2. The second kappa shape index (κ2) is 5.64. The van der Waals surface area contributed by atoms with Crippen molar-refractivity contribution in [1.82, 2.24) is 9.55 Å². The van der Waals surface area contributed by atoms with Gasteiger partial charge in [0.15, 0.2) is 0 Å². The van der Waals surface area contributed by atoms with E-state index in [0.717, 1.165) is 5.69 Å². The first-order valence-electron chi connectivity index (χ1n) is 6.31. The van der Waals surface area contributed by atoms with Crippen molar-refractivity contribution in [3.05, 3.63) is 42.0 Å². The molecule has 20 heavy (non-hydrogen) atoms. The van der Waals surface area contributed by atoms with Gasteiger partial charge in [0.25, 0.3) is 10.0 Å². The molecule has 0 amide bonds. The summed E-state index contributed by atoms with van der Waals surface area (Å²) in [6.45, 7) is 4.66. The van der Waals surface area contributed by atoms with Crippen LogP contribution in [-0.2, 0) is 23.1 Å². The third-order valence-electron chi connectivity index (χ3n) is 3.07. The molecule has 0 atom stereocenters. The average molecular weight is 294 g/mol. The largest absolute Gasteiger partial charge is 0.349 e. The lowest BCUT2D eigenvalue weighted by atomic mass is 10.3. The van der Waals surface area contributed by atoms with Crippen LogP contribution in [0.2, 0.25) is 0 Å². The fourth-order valence-corrected chi connectivity index (χ4v) is 3.11. The number of nitrogens with zero attached hydrogens (tertiary/aromatic N) is 2. The maximum atomic E-state index is 12.4. The first-order chi connectivity index (χ1) is 9.47. The van der Waals surface area contributed by atoms with Crippen molar-refractivity contribution in [2.75, 3.05) is 4.72 Å². The Morgan fingerprint density at radius 2 is 2.20 bits per heavy atom. The van der Waals surface area contributed by atoms with Crippen LogP contribution in [0, 0.1) is 6.92 Å². The van der Waals surface area contributed by atoms with Crippen LogP contribution < -0.4 is 10.5 Å². The Morgan fingerprint density at radius 3 is 2.75 bits per heavy atom. The van der Waals surface area contributed by atoms with Gasteiger partial charge in [0, 0.05) is 31.2 Å². The standard InChI is InChI=1S/C13H18N4O2S/c1-3-17-9-12(7-11(17)8-14)20(18,19)16-13-5-4-6-15-10(13)2/h4-7,9,16H,3,8,14H2,1-2H3. The van der Waals surface area contributed by atoms with E-state index in [1.165, 1.54) is 0 Å². The Labute approximate surface area is 118 Å². The normalized spacial score (nSPS) is 11.6. The molecule has 0 unspecified atom stereocenters. The van der Waals surface area contributed by atoms with E-state index >= 15 is 0 Å². The molecule has 2 heterocycles. The second-order valence-corrected chi connectivity index (χ2v) is 6.08. The molecular weight excluding hydrogens is 276 g/mol. The third kappa shape index (κ3) is 2.83. The molecule has 0 radical (unpaired) electrons. The highest BCUT2D eigenvalue weighted by Gasteiger charge is 2.18. The molecule has 2 aromatic heterocycles. The van der Waals surface area contributed by atoms with Crippen molar-refractivity contribution in [3.8, 4) is 0 Å². The number of aryl methyl sites for hydroxylation is 2. The summed E-state index contributed by atoms with van der Waals surface area (Å²) in [5, 5.41) is 0. The van der Waals surface area contributed by atoms with Crippen LogP contribution >= 0.6 is 0 Å². The summed E-state index contributed by atoms with van der Waals surface area (Å²) in [4.78, 5) is 4.27. The summed E-state index contributed by atoms with van der Waals surface area (Å²) >= 11 is 0. The van der Waals surface area contributed by atoms with Crippen LogP contribution in [0.1, 0.15) is 18.3 Å². The molecule has 7 heteroatoms. The molecule has 0 aliphatic carbocycles. The second-order valence-electron chi connectivity index (χ2n) is 4.40. The fourth-order valence-electron chi connectivity index (χ4n) is 1.93. The molecule has 0 aromatic carbocycles. The lowest BCUT2D eigenvalue weighted by molar-refractivity contribution is 0.600. The minimum Gasteiger partial charge on any atom is -0.349 e. The molecule has 0 aliphatic heterocycles. The van der Waals surface area contributed by atoms with Gasteiger partial charge < -0.3 is 10.3 Å². The zero-order chi connectivity index (χ0) is 14.8. The summed E-state index contributed by atoms with van der Waals surface area (Å²) < 4.78 is 29.1. The van der Waals surface area contributed by atoms with E-state index in [9.17, 15) is 8.42 Å². The number of hydrogen-bond acceptors (Lipinski definition) is 4. The predicted molar refractivity (Wildman–Crippen MR) is 77.8 cm³/mol. The van der Waals surface area contributed by atoms with Crippen LogP contribution in [-0.4, -0.2) is 18.0 Å². The first kappa shape index (κ1) is 14.5. The van der Waals surface area contributed by atoms with Crippen LogP contribution in [0.5, 0.6) is 0 Å². The smallest absolute Gasteiger partial charge is 0.263 e. The van der Waals surface area contributed by atoms with E-state index in [-0.39, 0.29) is 4.90 Å². The van der Waals surface area contributed by atoms with E-state index in [1.54, 1.807) is 37.5 Å². The van der Waals surface area contributed by atoms with E-state index in [4.69, 9.17) is 5.73 Å². The molecule has 2 aromatic rings. The quantitative estimate of drug-likeness (QED) is 0.873. The fraction of sp³-hybridized carbons (Fsp3) is 0.308. The van der Waals surface area contributed by atoms with Crippen molar-refractivity contribution in [2.45, 2.75) is 31.8 Å². The average Bonchev–Trinajstić information content (AvgIpc) is 2.85. The van der Waals surface area contributed by atoms with Gasteiger partial charge in [-0.05, 0) is 32.0 Å². The molecule has 0 saturated heterocycles. The zero-order valence-electron chi connectivity index (χ0n) is 11.5. The molecule has 0 fully saturated rings. The number of pyridine rings is 1. The SMILES string of the molecule is CCn1cc(S(=O)(=O)Nc2cccnc2C)cc1CN. The van der Waals surface area contributed by atoms with Crippen LogP contribution in [0.15, 0.2) is 35.5 Å². The Kier molecular flexibility index (Phi) is 4.10. The maximum Gasteiger partial charge on any atom is 0.263 e. The van der Waals surface area contributed by atoms with Crippen molar-refractivity contribution in [2.24, 2.45) is 5.73 Å². The highest BCUT2D eigenvalue weighted by atomic mass is 32.2. The third-order valence-corrected chi connectivity index (χ3v) is 4.40. The van der Waals surface area contributed by atoms with Crippen LogP contribution in [0.3, 0.4) is 0 Å². The van der Waals surface area contributed by atoms with E-state index in [1.807, 2.05) is 11.5 Å². The highest BCUT2D eigenvalue weighted by Crippen LogP contribution is 2.20. The summed E-state index contributed by atoms with van der Waals surface area (Å²) in [7, 11) is -3.62. The van der Waals surface area contributed by atoms with Gasteiger partial charge in [-0.25, -0.2) is 8.42 Å². The number of nitrogens with one attached hydrogen (secondary N) is 1. The maximum absolute atomic E-state index is 12.4. The van der Waals surface area contributed by atoms with E-state index in [2.05, 4.69) is 9.71 Å². The van der Waals surface area contributed by atoms with Gasteiger partial charge in [0.05, 0.1) is 11.4 Å². The molecule has 6 nitrogen and oxygen atoms in total. The van der Waals surface area contributed by atoms with Crippen molar-refractivity contribution in [1.29, 1.82) is 0 Å². The minimum atomic E-state index is -3.62. The number of rotatable bonds is 5. The first-order valence-corrected chi connectivity index (χ1v) is 7.79. The van der Waals surface area contributed by atoms with E-state index < -0.39 is 10.0 Å². The highest BCUT2D eigenvalue weighted by molar-refractivity contribution is 7.92. The van der Waals surface area contributed by atoms with Gasteiger partial charge in [0.1, 0.15) is 4.90 Å².